The molecule has 2 rings (SSSR count). The van der Waals surface area contributed by atoms with Crippen molar-refractivity contribution in [2.75, 3.05) is 26.0 Å². The Kier molecular flexibility index (Phi) is 9.53. The number of pyridine rings is 1. The van der Waals surface area contributed by atoms with Crippen LogP contribution in [0.25, 0.3) is 11.0 Å². The van der Waals surface area contributed by atoms with Crippen molar-refractivity contribution in [3.05, 3.63) is 17.6 Å². The second-order valence-electron chi connectivity index (χ2n) is 7.18. The van der Waals surface area contributed by atoms with Crippen molar-refractivity contribution < 1.29 is 19.1 Å². The van der Waals surface area contributed by atoms with Crippen LogP contribution in [0.2, 0.25) is 0 Å². The third-order valence-corrected chi connectivity index (χ3v) is 4.89. The number of aryl methyl sites for hydroxylation is 2. The maximum Gasteiger partial charge on any atom is 0.305 e. The largest absolute Gasteiger partial charge is 0.469 e. The van der Waals surface area contributed by atoms with Gasteiger partial charge in [-0.25, -0.2) is 9.97 Å². The van der Waals surface area contributed by atoms with E-state index in [0.717, 1.165) is 36.3 Å². The number of carbonyl (C=O) groups excluding carboxylic acids is 2. The molecule has 30 heavy (non-hydrogen) atoms. The van der Waals surface area contributed by atoms with Crippen molar-refractivity contribution in [3.8, 4) is 0 Å². The van der Waals surface area contributed by atoms with Gasteiger partial charge < -0.3 is 25.1 Å². The van der Waals surface area contributed by atoms with Crippen LogP contribution in [0.4, 0.5) is 5.82 Å². The Morgan fingerprint density at radius 1 is 1.20 bits per heavy atom. The number of unbranched alkanes of at least 4 members (excludes halogenated alkanes) is 2. The highest BCUT2D eigenvalue weighted by Crippen LogP contribution is 2.24. The number of hydrogen-bond donors (Lipinski definition) is 2. The van der Waals surface area contributed by atoms with E-state index in [1.807, 2.05) is 13.8 Å². The number of nitrogen functional groups attached to an aromatic ring is 1. The summed E-state index contributed by atoms with van der Waals surface area (Å²) in [5, 5.41) is 2.94. The van der Waals surface area contributed by atoms with Crippen molar-refractivity contribution in [1.29, 1.82) is 0 Å². The topological polar surface area (TPSA) is 121 Å². The van der Waals surface area contributed by atoms with E-state index in [4.69, 9.17) is 10.5 Å². The summed E-state index contributed by atoms with van der Waals surface area (Å²) in [5.41, 5.74) is 8.75. The molecule has 3 N–H and O–H groups in total. The lowest BCUT2D eigenvalue weighted by Gasteiger charge is -2.11. The van der Waals surface area contributed by atoms with Gasteiger partial charge >= 0.3 is 5.97 Å². The van der Waals surface area contributed by atoms with Crippen molar-refractivity contribution in [2.24, 2.45) is 0 Å². The average molecular weight is 420 g/mol. The Labute approximate surface area is 177 Å². The molecule has 0 atom stereocenters. The summed E-state index contributed by atoms with van der Waals surface area (Å²) < 4.78 is 12.3. The minimum absolute atomic E-state index is 0.0136. The highest BCUT2D eigenvalue weighted by atomic mass is 16.5. The number of fused-ring (bicyclic) bond motifs is 1. The van der Waals surface area contributed by atoms with Crippen LogP contribution < -0.4 is 11.1 Å². The molecule has 2 aromatic heterocycles. The summed E-state index contributed by atoms with van der Waals surface area (Å²) in [6, 6.07) is 0. The van der Waals surface area contributed by atoms with Crippen molar-refractivity contribution in [1.82, 2.24) is 19.9 Å². The van der Waals surface area contributed by atoms with E-state index in [2.05, 4.69) is 24.6 Å². The Bertz CT molecular complexity index is 850. The molecule has 0 aromatic carbocycles. The van der Waals surface area contributed by atoms with E-state index in [-0.39, 0.29) is 11.9 Å². The summed E-state index contributed by atoms with van der Waals surface area (Å²) >= 11 is 0. The van der Waals surface area contributed by atoms with Crippen LogP contribution in [0.3, 0.4) is 0 Å². The van der Waals surface area contributed by atoms with Gasteiger partial charge in [-0.3, -0.25) is 9.59 Å². The molecule has 0 saturated heterocycles. The number of esters is 1. The molecule has 9 nitrogen and oxygen atoms in total. The van der Waals surface area contributed by atoms with Crippen LogP contribution in [-0.2, 0) is 32.2 Å². The van der Waals surface area contributed by atoms with Gasteiger partial charge in [-0.1, -0.05) is 0 Å². The molecule has 0 radical (unpaired) electrons. The van der Waals surface area contributed by atoms with E-state index in [0.29, 0.717) is 56.8 Å². The van der Waals surface area contributed by atoms with Gasteiger partial charge in [0, 0.05) is 38.7 Å². The fourth-order valence-electron chi connectivity index (χ4n) is 3.28. The normalized spacial score (nSPS) is 11.0. The number of methoxy groups -OCH3 is 1. The predicted octanol–water partition coefficient (Wildman–Crippen LogP) is 2.49. The summed E-state index contributed by atoms with van der Waals surface area (Å²) in [6.45, 7) is 6.36. The molecule has 1 amide bonds. The monoisotopic (exact) mass is 419 g/mol. The maximum atomic E-state index is 11.9. The standard InChI is InChI=1S/C21H33N5O4/c1-4-30-14-16-25-19-20(15(2)13-24-21(19)22)26(16)12-8-7-11-23-17(27)9-5-6-10-18(28)29-3/h13H,4-12,14H2,1-3H3,(H2,22,24)(H,23,27). The molecule has 9 heteroatoms. The minimum atomic E-state index is -0.237. The Morgan fingerprint density at radius 2 is 1.97 bits per heavy atom. The zero-order valence-corrected chi connectivity index (χ0v) is 18.2. The fourth-order valence-corrected chi connectivity index (χ4v) is 3.28. The van der Waals surface area contributed by atoms with Crippen molar-refractivity contribution in [2.45, 2.75) is 65.5 Å². The quantitative estimate of drug-likeness (QED) is 0.378. The highest BCUT2D eigenvalue weighted by molar-refractivity contribution is 5.87. The van der Waals surface area contributed by atoms with Gasteiger partial charge in [-0.05, 0) is 45.1 Å². The lowest BCUT2D eigenvalue weighted by atomic mass is 10.2. The number of hydrogen-bond acceptors (Lipinski definition) is 7. The van der Waals surface area contributed by atoms with Crippen LogP contribution in [0.5, 0.6) is 0 Å². The van der Waals surface area contributed by atoms with Gasteiger partial charge in [0.1, 0.15) is 17.9 Å². The molecule has 166 valence electrons. The number of nitrogens with one attached hydrogen (secondary N) is 1. The first-order valence-electron chi connectivity index (χ1n) is 10.5. The van der Waals surface area contributed by atoms with Gasteiger partial charge in [0.05, 0.1) is 12.6 Å². The molecule has 0 saturated carbocycles. The number of amides is 1. The number of ether oxygens (including phenoxy) is 2. The van der Waals surface area contributed by atoms with Gasteiger partial charge in [0.25, 0.3) is 0 Å². The predicted molar refractivity (Wildman–Crippen MR) is 115 cm³/mol. The Balaban J connectivity index is 1.82. The molecular formula is C21H33N5O4. The summed E-state index contributed by atoms with van der Waals surface area (Å²) in [6.07, 6.45) is 5.61. The fraction of sp³-hybridized carbons (Fsp3) is 0.619. The van der Waals surface area contributed by atoms with Crippen LogP contribution >= 0.6 is 0 Å². The number of rotatable bonds is 13. The molecule has 2 heterocycles. The molecule has 0 aliphatic rings. The van der Waals surface area contributed by atoms with Gasteiger partial charge in [0.2, 0.25) is 5.91 Å². The lowest BCUT2D eigenvalue weighted by molar-refractivity contribution is -0.140. The van der Waals surface area contributed by atoms with E-state index < -0.39 is 0 Å². The van der Waals surface area contributed by atoms with Crippen LogP contribution in [0.1, 0.15) is 56.8 Å². The second-order valence-corrected chi connectivity index (χ2v) is 7.18. The number of aromatic nitrogens is 3. The lowest BCUT2D eigenvalue weighted by Crippen LogP contribution is -2.24. The molecule has 0 unspecified atom stereocenters. The smallest absolute Gasteiger partial charge is 0.305 e. The first-order chi connectivity index (χ1) is 14.5. The van der Waals surface area contributed by atoms with Gasteiger partial charge in [-0.15, -0.1) is 0 Å². The van der Waals surface area contributed by atoms with Crippen molar-refractivity contribution in [3.63, 3.8) is 0 Å². The molecule has 0 aliphatic carbocycles. The molecule has 0 fully saturated rings. The van der Waals surface area contributed by atoms with Crippen LogP contribution in [-0.4, -0.2) is 46.7 Å². The molecule has 0 aliphatic heterocycles. The minimum Gasteiger partial charge on any atom is -0.469 e. The second kappa shape index (κ2) is 12.1. The van der Waals surface area contributed by atoms with E-state index >= 15 is 0 Å². The SMILES string of the molecule is CCOCc1nc2c(N)ncc(C)c2n1CCCCNC(=O)CCCCC(=O)OC. The van der Waals surface area contributed by atoms with E-state index in [9.17, 15) is 9.59 Å². The zero-order chi connectivity index (χ0) is 21.9. The van der Waals surface area contributed by atoms with Crippen LogP contribution in [0.15, 0.2) is 6.20 Å². The molecule has 0 spiro atoms. The van der Waals surface area contributed by atoms with E-state index in [1.54, 1.807) is 6.20 Å². The van der Waals surface area contributed by atoms with Gasteiger partial charge in [-0.2, -0.15) is 0 Å². The zero-order valence-electron chi connectivity index (χ0n) is 18.2. The van der Waals surface area contributed by atoms with Gasteiger partial charge in [0.15, 0.2) is 5.82 Å². The Hall–Kier alpha value is -2.68. The maximum absolute atomic E-state index is 11.9. The third kappa shape index (κ3) is 6.69. The Morgan fingerprint density at radius 3 is 2.70 bits per heavy atom. The molecule has 2 aromatic rings. The first-order valence-corrected chi connectivity index (χ1v) is 10.5. The number of anilines is 1. The number of nitrogens with zero attached hydrogens (tertiary/aromatic N) is 3. The summed E-state index contributed by atoms with van der Waals surface area (Å²) in [4.78, 5) is 31.8. The van der Waals surface area contributed by atoms with Crippen molar-refractivity contribution >= 4 is 28.7 Å². The third-order valence-electron chi connectivity index (χ3n) is 4.89. The van der Waals surface area contributed by atoms with E-state index in [1.165, 1.54) is 7.11 Å². The molecular weight excluding hydrogens is 386 g/mol. The summed E-state index contributed by atoms with van der Waals surface area (Å²) in [5.74, 6) is 1.04. The summed E-state index contributed by atoms with van der Waals surface area (Å²) in [7, 11) is 1.37. The highest BCUT2D eigenvalue weighted by Gasteiger charge is 2.15. The number of nitrogens with two attached hydrogens (primary N) is 1. The molecule has 0 bridgehead atoms. The average Bonchev–Trinajstić information content (AvgIpc) is 3.11. The van der Waals surface area contributed by atoms with Crippen LogP contribution in [0, 0.1) is 6.92 Å². The number of imidazole rings is 1. The number of carbonyl (C=O) groups is 2. The first kappa shape index (κ1) is 23.6.